The summed E-state index contributed by atoms with van der Waals surface area (Å²) < 4.78 is 0. The third-order valence-electron chi connectivity index (χ3n) is 7.05. The van der Waals surface area contributed by atoms with Crippen molar-refractivity contribution in [3.8, 4) is 0 Å². The molecule has 1 saturated carbocycles. The van der Waals surface area contributed by atoms with Crippen LogP contribution in [0.15, 0.2) is 30.3 Å². The Hall–Kier alpha value is -1.92. The number of hydrogen-bond acceptors (Lipinski definition) is 4. The number of rotatable bonds is 5. The first kappa shape index (κ1) is 20.4. The van der Waals surface area contributed by atoms with Gasteiger partial charge < -0.3 is 19.8 Å². The number of carbonyl (C=O) groups excluding carboxylic acids is 2. The second-order valence-electron chi connectivity index (χ2n) is 9.27. The van der Waals surface area contributed by atoms with Crippen LogP contribution in [0.2, 0.25) is 0 Å². The minimum absolute atomic E-state index is 0.0363. The smallest absolute Gasteiger partial charge is 0.236 e. The average Bonchev–Trinajstić information content (AvgIpc) is 2.67. The van der Waals surface area contributed by atoms with Crippen LogP contribution in [0.25, 0.3) is 0 Å². The minimum atomic E-state index is -0.370. The Morgan fingerprint density at radius 2 is 1.76 bits per heavy atom. The molecule has 4 rings (SSSR count). The van der Waals surface area contributed by atoms with Crippen molar-refractivity contribution in [1.29, 1.82) is 0 Å². The summed E-state index contributed by atoms with van der Waals surface area (Å²) >= 11 is 0. The van der Waals surface area contributed by atoms with Gasteiger partial charge in [0.15, 0.2) is 0 Å². The zero-order valence-corrected chi connectivity index (χ0v) is 17.6. The molecule has 29 heavy (non-hydrogen) atoms. The summed E-state index contributed by atoms with van der Waals surface area (Å²) in [6.45, 7) is 1.47. The van der Waals surface area contributed by atoms with Crippen molar-refractivity contribution < 1.29 is 14.7 Å². The van der Waals surface area contributed by atoms with E-state index in [2.05, 4.69) is 12.1 Å². The summed E-state index contributed by atoms with van der Waals surface area (Å²) in [5.41, 5.74) is 0.782. The molecule has 0 bridgehead atoms. The molecular formula is C23H33N3O3. The predicted molar refractivity (Wildman–Crippen MR) is 111 cm³/mol. The first-order chi connectivity index (χ1) is 14.0. The Kier molecular flexibility index (Phi) is 5.67. The summed E-state index contributed by atoms with van der Waals surface area (Å²) in [6, 6.07) is 9.98. The Morgan fingerprint density at radius 1 is 1.10 bits per heavy atom. The topological polar surface area (TPSA) is 64.1 Å². The molecule has 2 atom stereocenters. The van der Waals surface area contributed by atoms with Crippen LogP contribution in [0.4, 0.5) is 0 Å². The Morgan fingerprint density at radius 3 is 2.34 bits per heavy atom. The lowest BCUT2D eigenvalue weighted by atomic mass is 9.60. The summed E-state index contributed by atoms with van der Waals surface area (Å²) in [4.78, 5) is 31.8. The van der Waals surface area contributed by atoms with Crippen LogP contribution in [-0.2, 0) is 9.59 Å². The fourth-order valence-corrected chi connectivity index (χ4v) is 5.72. The summed E-state index contributed by atoms with van der Waals surface area (Å²) in [6.07, 6.45) is 5.32. The van der Waals surface area contributed by atoms with Gasteiger partial charge in [-0.1, -0.05) is 49.6 Å². The lowest BCUT2D eigenvalue weighted by Crippen LogP contribution is -2.86. The molecule has 158 valence electrons. The standard InChI is InChI=1S/C23H33N3O3/c1-24(2)13-20(28)25-15-23(16-25)21(17-9-5-3-6-10-17)19(14-27)26(23)22(29)18-11-7-4-8-12-18/h3,5-6,9-10,18-19,21,27H,4,7-8,11-16H2,1-2H3/t19-,21+/m0/s1. The molecule has 1 aliphatic carbocycles. The molecule has 2 heterocycles. The van der Waals surface area contributed by atoms with Crippen LogP contribution in [0.1, 0.15) is 43.6 Å². The molecule has 1 aromatic rings. The minimum Gasteiger partial charge on any atom is -0.394 e. The second-order valence-corrected chi connectivity index (χ2v) is 9.27. The Balaban J connectivity index is 1.59. The molecule has 0 unspecified atom stereocenters. The van der Waals surface area contributed by atoms with Gasteiger partial charge in [-0.05, 0) is 32.5 Å². The van der Waals surface area contributed by atoms with Gasteiger partial charge >= 0.3 is 0 Å². The number of likely N-dealkylation sites (N-methyl/N-ethyl adjacent to an activating group) is 1. The van der Waals surface area contributed by atoms with E-state index in [1.807, 2.05) is 47.0 Å². The van der Waals surface area contributed by atoms with Crippen molar-refractivity contribution in [3.05, 3.63) is 35.9 Å². The molecule has 6 nitrogen and oxygen atoms in total. The SMILES string of the molecule is CN(C)CC(=O)N1CC2(C1)[C@H](c1ccccc1)[C@H](CO)N2C(=O)C1CCCCC1. The maximum atomic E-state index is 13.5. The molecule has 1 aromatic carbocycles. The van der Waals surface area contributed by atoms with E-state index in [0.29, 0.717) is 19.6 Å². The molecule has 2 aliphatic heterocycles. The molecule has 1 N–H and O–H groups in total. The van der Waals surface area contributed by atoms with Gasteiger partial charge in [0.05, 0.1) is 24.7 Å². The van der Waals surface area contributed by atoms with E-state index in [-0.39, 0.29) is 41.8 Å². The summed E-state index contributed by atoms with van der Waals surface area (Å²) in [5.74, 6) is 0.433. The van der Waals surface area contributed by atoms with Gasteiger partial charge in [-0.2, -0.15) is 0 Å². The number of aliphatic hydroxyl groups excluding tert-OH is 1. The van der Waals surface area contributed by atoms with E-state index in [4.69, 9.17) is 0 Å². The number of benzene rings is 1. The van der Waals surface area contributed by atoms with Gasteiger partial charge in [-0.15, -0.1) is 0 Å². The van der Waals surface area contributed by atoms with Gasteiger partial charge in [0.1, 0.15) is 0 Å². The highest BCUT2D eigenvalue weighted by Gasteiger charge is 2.68. The normalized spacial score (nSPS) is 26.3. The molecule has 1 spiro atoms. The molecule has 3 aliphatic rings. The quantitative estimate of drug-likeness (QED) is 0.819. The van der Waals surface area contributed by atoms with E-state index in [1.165, 1.54) is 6.42 Å². The van der Waals surface area contributed by atoms with Crippen molar-refractivity contribution in [1.82, 2.24) is 14.7 Å². The van der Waals surface area contributed by atoms with Gasteiger partial charge in [0.25, 0.3) is 0 Å². The monoisotopic (exact) mass is 399 g/mol. The Labute approximate surface area is 173 Å². The zero-order valence-electron chi connectivity index (χ0n) is 17.6. The zero-order chi connectivity index (χ0) is 20.6. The highest BCUT2D eigenvalue weighted by molar-refractivity contribution is 5.84. The number of hydrogen-bond donors (Lipinski definition) is 1. The van der Waals surface area contributed by atoms with Crippen molar-refractivity contribution in [2.75, 3.05) is 40.3 Å². The molecule has 3 fully saturated rings. The number of nitrogens with zero attached hydrogens (tertiary/aromatic N) is 3. The molecule has 2 saturated heterocycles. The molecular weight excluding hydrogens is 366 g/mol. The molecule has 0 radical (unpaired) electrons. The van der Waals surface area contributed by atoms with E-state index in [9.17, 15) is 14.7 Å². The maximum Gasteiger partial charge on any atom is 0.236 e. The van der Waals surface area contributed by atoms with Crippen LogP contribution in [0.5, 0.6) is 0 Å². The summed E-state index contributed by atoms with van der Waals surface area (Å²) in [7, 11) is 3.79. The highest BCUT2D eigenvalue weighted by atomic mass is 16.3. The van der Waals surface area contributed by atoms with Crippen molar-refractivity contribution >= 4 is 11.8 Å². The number of carbonyl (C=O) groups is 2. The van der Waals surface area contributed by atoms with E-state index < -0.39 is 0 Å². The fourth-order valence-electron chi connectivity index (χ4n) is 5.72. The third-order valence-corrected chi connectivity index (χ3v) is 7.05. The van der Waals surface area contributed by atoms with Gasteiger partial charge in [-0.25, -0.2) is 0 Å². The molecule has 6 heteroatoms. The highest BCUT2D eigenvalue weighted by Crippen LogP contribution is 2.54. The van der Waals surface area contributed by atoms with Crippen molar-refractivity contribution in [2.24, 2.45) is 5.92 Å². The van der Waals surface area contributed by atoms with Crippen molar-refractivity contribution in [2.45, 2.75) is 49.6 Å². The van der Waals surface area contributed by atoms with Gasteiger partial charge in [-0.3, -0.25) is 9.59 Å². The molecule has 2 amide bonds. The van der Waals surface area contributed by atoms with E-state index in [1.54, 1.807) is 0 Å². The first-order valence-corrected chi connectivity index (χ1v) is 10.9. The average molecular weight is 400 g/mol. The van der Waals surface area contributed by atoms with E-state index in [0.717, 1.165) is 31.2 Å². The van der Waals surface area contributed by atoms with Crippen LogP contribution < -0.4 is 0 Å². The Bertz CT molecular complexity index is 739. The van der Waals surface area contributed by atoms with E-state index >= 15 is 0 Å². The predicted octanol–water partition coefficient (Wildman–Crippen LogP) is 1.70. The number of amides is 2. The van der Waals surface area contributed by atoms with Gasteiger partial charge in [0, 0.05) is 24.9 Å². The van der Waals surface area contributed by atoms with Crippen LogP contribution in [0.3, 0.4) is 0 Å². The third kappa shape index (κ3) is 3.46. The first-order valence-electron chi connectivity index (χ1n) is 10.9. The largest absolute Gasteiger partial charge is 0.394 e. The van der Waals surface area contributed by atoms with Crippen molar-refractivity contribution in [3.63, 3.8) is 0 Å². The van der Waals surface area contributed by atoms with Crippen LogP contribution in [0, 0.1) is 5.92 Å². The second kappa shape index (κ2) is 8.07. The number of aliphatic hydroxyl groups is 1. The summed E-state index contributed by atoms with van der Waals surface area (Å²) in [5, 5.41) is 10.2. The lowest BCUT2D eigenvalue weighted by molar-refractivity contribution is -0.206. The van der Waals surface area contributed by atoms with Crippen LogP contribution >= 0.6 is 0 Å². The molecule has 0 aromatic heterocycles. The van der Waals surface area contributed by atoms with Gasteiger partial charge in [0.2, 0.25) is 11.8 Å². The number of likely N-dealkylation sites (tertiary alicyclic amines) is 2. The fraction of sp³-hybridized carbons (Fsp3) is 0.652. The maximum absolute atomic E-state index is 13.5. The lowest BCUT2D eigenvalue weighted by Gasteiger charge is -2.71. The van der Waals surface area contributed by atoms with Crippen LogP contribution in [-0.4, -0.2) is 83.5 Å².